The molecule has 2 aromatic rings. The smallest absolute Gasteiger partial charge is 0.321 e. The van der Waals surface area contributed by atoms with Gasteiger partial charge < -0.3 is 15.3 Å². The van der Waals surface area contributed by atoms with Crippen LogP contribution in [-0.4, -0.2) is 35.7 Å². The summed E-state index contributed by atoms with van der Waals surface area (Å²) >= 11 is 0. The molecule has 1 saturated heterocycles. The van der Waals surface area contributed by atoms with Gasteiger partial charge in [-0.25, -0.2) is 4.79 Å². The van der Waals surface area contributed by atoms with Crippen LogP contribution in [0.15, 0.2) is 54.6 Å². The third-order valence-electron chi connectivity index (χ3n) is 5.44. The first-order chi connectivity index (χ1) is 12.2. The molecule has 0 aromatic heterocycles. The molecule has 1 fully saturated rings. The Morgan fingerprint density at radius 1 is 1.04 bits per heavy atom. The number of hydrogen-bond acceptors (Lipinski definition) is 2. The van der Waals surface area contributed by atoms with Crippen LogP contribution in [0.25, 0.3) is 11.1 Å². The van der Waals surface area contributed by atoms with Crippen molar-refractivity contribution in [2.24, 2.45) is 5.41 Å². The lowest BCUT2D eigenvalue weighted by Crippen LogP contribution is -2.46. The van der Waals surface area contributed by atoms with Gasteiger partial charge in [0.15, 0.2) is 0 Å². The van der Waals surface area contributed by atoms with Gasteiger partial charge in [0.25, 0.3) is 0 Å². The molecule has 1 aliphatic rings. The Hall–Kier alpha value is -2.33. The molecule has 2 N–H and O–H groups in total. The summed E-state index contributed by atoms with van der Waals surface area (Å²) in [6.45, 7) is 3.71. The molecule has 25 heavy (non-hydrogen) atoms. The van der Waals surface area contributed by atoms with E-state index < -0.39 is 0 Å². The molecule has 0 aliphatic carbocycles. The highest BCUT2D eigenvalue weighted by Crippen LogP contribution is 2.34. The fourth-order valence-electron chi connectivity index (χ4n) is 3.39. The molecule has 132 valence electrons. The van der Waals surface area contributed by atoms with E-state index in [1.807, 2.05) is 47.4 Å². The van der Waals surface area contributed by atoms with Crippen molar-refractivity contribution in [2.45, 2.75) is 26.2 Å². The molecular weight excluding hydrogens is 312 g/mol. The van der Waals surface area contributed by atoms with Crippen LogP contribution in [0, 0.1) is 5.41 Å². The molecule has 2 aromatic carbocycles. The Morgan fingerprint density at radius 2 is 1.64 bits per heavy atom. The fraction of sp³-hybridized carbons (Fsp3) is 0.381. The van der Waals surface area contributed by atoms with Gasteiger partial charge in [0.2, 0.25) is 0 Å². The van der Waals surface area contributed by atoms with E-state index in [4.69, 9.17) is 0 Å². The van der Waals surface area contributed by atoms with E-state index in [1.165, 1.54) is 0 Å². The number of nitrogens with zero attached hydrogens (tertiary/aromatic N) is 1. The number of amides is 2. The van der Waals surface area contributed by atoms with Gasteiger partial charge in [0, 0.05) is 25.4 Å². The first kappa shape index (κ1) is 17.5. The number of hydrogen-bond donors (Lipinski definition) is 2. The second kappa shape index (κ2) is 7.70. The Morgan fingerprint density at radius 3 is 2.20 bits per heavy atom. The second-order valence-electron chi connectivity index (χ2n) is 6.87. The molecular formula is C21H26N2O2. The predicted molar refractivity (Wildman–Crippen MR) is 102 cm³/mol. The minimum Gasteiger partial charge on any atom is -0.396 e. The van der Waals surface area contributed by atoms with Gasteiger partial charge in [0.1, 0.15) is 0 Å². The number of likely N-dealkylation sites (tertiary alicyclic amines) is 1. The van der Waals surface area contributed by atoms with Gasteiger partial charge in [-0.1, -0.05) is 49.4 Å². The normalized spacial score (nSPS) is 16.5. The molecule has 2 amide bonds. The van der Waals surface area contributed by atoms with Crippen molar-refractivity contribution >= 4 is 11.7 Å². The van der Waals surface area contributed by atoms with Crippen LogP contribution in [0.5, 0.6) is 0 Å². The van der Waals surface area contributed by atoms with Crippen molar-refractivity contribution < 1.29 is 9.90 Å². The number of anilines is 1. The second-order valence-corrected chi connectivity index (χ2v) is 6.87. The summed E-state index contributed by atoms with van der Waals surface area (Å²) in [7, 11) is 0. The van der Waals surface area contributed by atoms with Gasteiger partial charge in [0.05, 0.1) is 0 Å². The first-order valence-electron chi connectivity index (χ1n) is 8.98. The van der Waals surface area contributed by atoms with Gasteiger partial charge in [-0.3, -0.25) is 0 Å². The molecule has 0 spiro atoms. The lowest BCUT2D eigenvalue weighted by Gasteiger charge is -2.40. The Bertz CT molecular complexity index is 684. The Balaban J connectivity index is 1.59. The molecule has 3 rings (SSSR count). The van der Waals surface area contributed by atoms with Gasteiger partial charge in [-0.2, -0.15) is 0 Å². The maximum absolute atomic E-state index is 12.5. The number of piperidine rings is 1. The quantitative estimate of drug-likeness (QED) is 0.870. The van der Waals surface area contributed by atoms with Crippen LogP contribution >= 0.6 is 0 Å². The van der Waals surface area contributed by atoms with Crippen molar-refractivity contribution in [1.29, 1.82) is 0 Å². The van der Waals surface area contributed by atoms with Crippen LogP contribution in [0.2, 0.25) is 0 Å². The standard InChI is InChI=1S/C21H26N2O2/c1-2-21(16-24)12-14-23(15-13-21)20(25)22-19-10-8-18(9-11-19)17-6-4-3-5-7-17/h3-11,24H,2,12-16H2,1H3,(H,22,25). The fourth-order valence-corrected chi connectivity index (χ4v) is 3.39. The molecule has 0 saturated carbocycles. The van der Waals surface area contributed by atoms with E-state index in [9.17, 15) is 9.90 Å². The SMILES string of the molecule is CCC1(CO)CCN(C(=O)Nc2ccc(-c3ccccc3)cc2)CC1. The number of benzene rings is 2. The summed E-state index contributed by atoms with van der Waals surface area (Å²) in [6, 6.07) is 18.0. The summed E-state index contributed by atoms with van der Waals surface area (Å²) in [5.74, 6) is 0. The summed E-state index contributed by atoms with van der Waals surface area (Å²) in [5.41, 5.74) is 3.09. The number of nitrogens with one attached hydrogen (secondary N) is 1. The number of rotatable bonds is 4. The lowest BCUT2D eigenvalue weighted by atomic mass is 9.77. The van der Waals surface area contributed by atoms with Crippen LogP contribution in [0.1, 0.15) is 26.2 Å². The number of carbonyl (C=O) groups is 1. The molecule has 1 heterocycles. The Labute approximate surface area is 149 Å². The van der Waals surface area contributed by atoms with E-state index in [2.05, 4.69) is 24.4 Å². The van der Waals surface area contributed by atoms with Gasteiger partial charge >= 0.3 is 6.03 Å². The molecule has 4 heteroatoms. The highest BCUT2D eigenvalue weighted by atomic mass is 16.3. The number of aliphatic hydroxyl groups is 1. The van der Waals surface area contributed by atoms with E-state index >= 15 is 0 Å². The summed E-state index contributed by atoms with van der Waals surface area (Å²) in [4.78, 5) is 14.3. The van der Waals surface area contributed by atoms with Crippen molar-refractivity contribution in [1.82, 2.24) is 4.90 Å². The Kier molecular flexibility index (Phi) is 5.39. The number of aliphatic hydroxyl groups excluding tert-OH is 1. The van der Waals surface area contributed by atoms with Crippen molar-refractivity contribution in [3.8, 4) is 11.1 Å². The zero-order valence-corrected chi connectivity index (χ0v) is 14.7. The van der Waals surface area contributed by atoms with E-state index in [1.54, 1.807) is 0 Å². The minimum absolute atomic E-state index is 0.00584. The van der Waals surface area contributed by atoms with Crippen molar-refractivity contribution in [3.05, 3.63) is 54.6 Å². The monoisotopic (exact) mass is 338 g/mol. The predicted octanol–water partition coefficient (Wildman–Crippen LogP) is 4.37. The average Bonchev–Trinajstić information content (AvgIpc) is 2.69. The molecule has 1 aliphatic heterocycles. The number of carbonyl (C=O) groups excluding carboxylic acids is 1. The molecule has 0 radical (unpaired) electrons. The topological polar surface area (TPSA) is 52.6 Å². The molecule has 0 bridgehead atoms. The summed E-state index contributed by atoms with van der Waals surface area (Å²) < 4.78 is 0. The lowest BCUT2D eigenvalue weighted by molar-refractivity contribution is 0.0542. The third-order valence-corrected chi connectivity index (χ3v) is 5.44. The van der Waals surface area contributed by atoms with Crippen molar-refractivity contribution in [3.63, 3.8) is 0 Å². The summed E-state index contributed by atoms with van der Waals surface area (Å²) in [5, 5.41) is 12.6. The average molecular weight is 338 g/mol. The van der Waals surface area contributed by atoms with Crippen LogP contribution in [0.4, 0.5) is 10.5 Å². The highest BCUT2D eigenvalue weighted by molar-refractivity contribution is 5.89. The molecule has 0 unspecified atom stereocenters. The number of urea groups is 1. The van der Waals surface area contributed by atoms with E-state index in [0.29, 0.717) is 13.1 Å². The zero-order chi connectivity index (χ0) is 17.7. The van der Waals surface area contributed by atoms with Crippen LogP contribution in [0.3, 0.4) is 0 Å². The minimum atomic E-state index is -0.0601. The van der Waals surface area contributed by atoms with Gasteiger partial charge in [-0.05, 0) is 47.9 Å². The van der Waals surface area contributed by atoms with Gasteiger partial charge in [-0.15, -0.1) is 0 Å². The van der Waals surface area contributed by atoms with E-state index in [-0.39, 0.29) is 18.1 Å². The maximum atomic E-state index is 12.5. The molecule has 4 nitrogen and oxygen atoms in total. The zero-order valence-electron chi connectivity index (χ0n) is 14.7. The maximum Gasteiger partial charge on any atom is 0.321 e. The van der Waals surface area contributed by atoms with Crippen LogP contribution < -0.4 is 5.32 Å². The highest BCUT2D eigenvalue weighted by Gasteiger charge is 2.33. The first-order valence-corrected chi connectivity index (χ1v) is 8.98. The van der Waals surface area contributed by atoms with Crippen molar-refractivity contribution in [2.75, 3.05) is 25.0 Å². The van der Waals surface area contributed by atoms with Crippen LogP contribution in [-0.2, 0) is 0 Å². The largest absolute Gasteiger partial charge is 0.396 e. The summed E-state index contributed by atoms with van der Waals surface area (Å²) in [6.07, 6.45) is 2.68. The third kappa shape index (κ3) is 4.02. The van der Waals surface area contributed by atoms with E-state index in [0.717, 1.165) is 36.1 Å². The molecule has 0 atom stereocenters.